The van der Waals surface area contributed by atoms with Crippen LogP contribution in [0.25, 0.3) is 0 Å². The molecule has 5 nitrogen and oxygen atoms in total. The number of carbonyl (C=O) groups is 1. The van der Waals surface area contributed by atoms with Crippen LogP contribution in [0.4, 0.5) is 0 Å². The van der Waals surface area contributed by atoms with Gasteiger partial charge in [-0.3, -0.25) is 4.79 Å². The minimum Gasteiger partial charge on any atom is -0.497 e. The molecule has 1 aliphatic rings. The molecule has 2 heterocycles. The van der Waals surface area contributed by atoms with Gasteiger partial charge in [0, 0.05) is 18.7 Å². The summed E-state index contributed by atoms with van der Waals surface area (Å²) in [6.45, 7) is 1.79. The molecule has 1 unspecified atom stereocenters. The van der Waals surface area contributed by atoms with E-state index in [0.29, 0.717) is 18.7 Å². The second kappa shape index (κ2) is 7.33. The molecule has 1 atom stereocenters. The first-order chi connectivity index (χ1) is 11.3. The summed E-state index contributed by atoms with van der Waals surface area (Å²) < 4.78 is 16.2. The van der Waals surface area contributed by atoms with Gasteiger partial charge in [-0.05, 0) is 49.2 Å². The number of furan rings is 1. The number of nitrogens with zero attached hydrogens (tertiary/aromatic N) is 1. The Morgan fingerprint density at radius 2 is 2.13 bits per heavy atom. The molecule has 0 saturated carbocycles. The van der Waals surface area contributed by atoms with E-state index >= 15 is 0 Å². The van der Waals surface area contributed by atoms with Crippen LogP contribution in [0.1, 0.15) is 29.0 Å². The Kier molecular flexibility index (Phi) is 4.98. The van der Waals surface area contributed by atoms with Crippen molar-refractivity contribution in [3.05, 3.63) is 54.0 Å². The van der Waals surface area contributed by atoms with E-state index in [1.165, 1.54) is 0 Å². The fourth-order valence-electron chi connectivity index (χ4n) is 2.76. The molecular formula is C18H21NO4. The zero-order valence-electron chi connectivity index (χ0n) is 13.2. The zero-order chi connectivity index (χ0) is 16.1. The summed E-state index contributed by atoms with van der Waals surface area (Å²) in [5.74, 6) is 1.47. The van der Waals surface area contributed by atoms with E-state index in [0.717, 1.165) is 31.0 Å². The molecule has 0 aliphatic carbocycles. The van der Waals surface area contributed by atoms with Gasteiger partial charge in [-0.15, -0.1) is 0 Å². The fourth-order valence-corrected chi connectivity index (χ4v) is 2.76. The molecule has 1 aromatic carbocycles. The Bertz CT molecular complexity index is 615. The lowest BCUT2D eigenvalue weighted by molar-refractivity contribution is 0.0491. The van der Waals surface area contributed by atoms with Crippen LogP contribution in [0.3, 0.4) is 0 Å². The average molecular weight is 315 g/mol. The van der Waals surface area contributed by atoms with Gasteiger partial charge in [-0.2, -0.15) is 0 Å². The number of amides is 1. The van der Waals surface area contributed by atoms with Crippen molar-refractivity contribution in [2.45, 2.75) is 25.5 Å². The van der Waals surface area contributed by atoms with Gasteiger partial charge < -0.3 is 18.8 Å². The van der Waals surface area contributed by atoms with Gasteiger partial charge in [0.25, 0.3) is 5.91 Å². The second-order valence-corrected chi connectivity index (χ2v) is 5.63. The molecule has 1 amide bonds. The van der Waals surface area contributed by atoms with Crippen LogP contribution in [0, 0.1) is 0 Å². The van der Waals surface area contributed by atoms with Gasteiger partial charge in [0.15, 0.2) is 0 Å². The van der Waals surface area contributed by atoms with Crippen LogP contribution >= 0.6 is 0 Å². The van der Waals surface area contributed by atoms with E-state index in [-0.39, 0.29) is 12.0 Å². The lowest BCUT2D eigenvalue weighted by atomic mass is 10.1. The van der Waals surface area contributed by atoms with Crippen molar-refractivity contribution in [3.8, 4) is 5.75 Å². The molecule has 0 spiro atoms. The summed E-state index contributed by atoms with van der Waals surface area (Å²) in [7, 11) is 1.61. The monoisotopic (exact) mass is 315 g/mol. The lowest BCUT2D eigenvalue weighted by Crippen LogP contribution is -2.36. The molecule has 0 N–H and O–H groups in total. The SMILES string of the molecule is COc1ccc(C(=O)N(Cc2ccco2)CC2CCCO2)cc1. The molecule has 1 aliphatic heterocycles. The number of rotatable bonds is 6. The van der Waals surface area contributed by atoms with Gasteiger partial charge >= 0.3 is 0 Å². The molecule has 1 aromatic heterocycles. The van der Waals surface area contributed by atoms with Crippen molar-refractivity contribution >= 4 is 5.91 Å². The first-order valence-corrected chi connectivity index (χ1v) is 7.83. The number of hydrogen-bond donors (Lipinski definition) is 0. The molecule has 23 heavy (non-hydrogen) atoms. The highest BCUT2D eigenvalue weighted by atomic mass is 16.5. The number of ether oxygens (including phenoxy) is 2. The standard InChI is InChI=1S/C18H21NO4/c1-21-15-8-6-14(7-9-15)18(20)19(12-16-4-2-10-22-16)13-17-5-3-11-23-17/h2,4,6-10,17H,3,5,11-13H2,1H3. The van der Waals surface area contributed by atoms with E-state index in [4.69, 9.17) is 13.9 Å². The highest BCUT2D eigenvalue weighted by molar-refractivity contribution is 5.94. The lowest BCUT2D eigenvalue weighted by Gasteiger charge is -2.24. The molecule has 0 radical (unpaired) electrons. The average Bonchev–Trinajstić information content (AvgIpc) is 3.27. The summed E-state index contributed by atoms with van der Waals surface area (Å²) in [4.78, 5) is 14.6. The molecule has 3 rings (SSSR count). The Balaban J connectivity index is 1.75. The predicted molar refractivity (Wildman–Crippen MR) is 85.4 cm³/mol. The van der Waals surface area contributed by atoms with Crippen LogP contribution in [-0.2, 0) is 11.3 Å². The molecule has 1 saturated heterocycles. The summed E-state index contributed by atoms with van der Waals surface area (Å²) in [6, 6.07) is 10.9. The van der Waals surface area contributed by atoms with Gasteiger partial charge in [0.2, 0.25) is 0 Å². The topological polar surface area (TPSA) is 51.9 Å². The molecule has 1 fully saturated rings. The Hall–Kier alpha value is -2.27. The third kappa shape index (κ3) is 3.93. The maximum absolute atomic E-state index is 12.8. The van der Waals surface area contributed by atoms with Crippen molar-refractivity contribution in [2.75, 3.05) is 20.3 Å². The van der Waals surface area contributed by atoms with E-state index in [1.54, 1.807) is 42.5 Å². The number of benzene rings is 1. The molecule has 2 aromatic rings. The first kappa shape index (κ1) is 15.6. The minimum absolute atomic E-state index is 0.0282. The summed E-state index contributed by atoms with van der Waals surface area (Å²) in [5.41, 5.74) is 0.635. The zero-order valence-corrected chi connectivity index (χ0v) is 13.2. The largest absolute Gasteiger partial charge is 0.497 e. The van der Waals surface area contributed by atoms with Crippen molar-refractivity contribution in [3.63, 3.8) is 0 Å². The highest BCUT2D eigenvalue weighted by Gasteiger charge is 2.24. The predicted octanol–water partition coefficient (Wildman–Crippen LogP) is 3.11. The summed E-state index contributed by atoms with van der Waals surface area (Å²) in [6.07, 6.45) is 3.77. The third-order valence-corrected chi connectivity index (χ3v) is 4.00. The molecule has 5 heteroatoms. The third-order valence-electron chi connectivity index (χ3n) is 4.00. The quantitative estimate of drug-likeness (QED) is 0.822. The number of hydrogen-bond acceptors (Lipinski definition) is 4. The summed E-state index contributed by atoms with van der Waals surface area (Å²) in [5, 5.41) is 0. The van der Waals surface area contributed by atoms with Gasteiger partial charge in [-0.25, -0.2) is 0 Å². The van der Waals surface area contributed by atoms with Crippen LogP contribution in [-0.4, -0.2) is 37.2 Å². The van der Waals surface area contributed by atoms with Crippen molar-refractivity contribution in [2.24, 2.45) is 0 Å². The van der Waals surface area contributed by atoms with Gasteiger partial charge in [-0.1, -0.05) is 0 Å². The fraction of sp³-hybridized carbons (Fsp3) is 0.389. The molecular weight excluding hydrogens is 294 g/mol. The van der Waals surface area contributed by atoms with Crippen LogP contribution < -0.4 is 4.74 Å². The second-order valence-electron chi connectivity index (χ2n) is 5.63. The van der Waals surface area contributed by atoms with Crippen molar-refractivity contribution < 1.29 is 18.7 Å². The number of carbonyl (C=O) groups excluding carboxylic acids is 1. The first-order valence-electron chi connectivity index (χ1n) is 7.83. The van der Waals surface area contributed by atoms with E-state index < -0.39 is 0 Å². The smallest absolute Gasteiger partial charge is 0.254 e. The Morgan fingerprint density at radius 3 is 2.74 bits per heavy atom. The maximum atomic E-state index is 12.8. The van der Waals surface area contributed by atoms with Crippen LogP contribution in [0.15, 0.2) is 47.1 Å². The van der Waals surface area contributed by atoms with E-state index in [1.807, 2.05) is 12.1 Å². The maximum Gasteiger partial charge on any atom is 0.254 e. The van der Waals surface area contributed by atoms with Gasteiger partial charge in [0.1, 0.15) is 11.5 Å². The van der Waals surface area contributed by atoms with Crippen LogP contribution in [0.5, 0.6) is 5.75 Å². The molecule has 122 valence electrons. The minimum atomic E-state index is -0.0282. The normalized spacial score (nSPS) is 17.2. The Morgan fingerprint density at radius 1 is 1.30 bits per heavy atom. The summed E-state index contributed by atoms with van der Waals surface area (Å²) >= 11 is 0. The Labute approximate surface area is 135 Å². The van der Waals surface area contributed by atoms with Crippen LogP contribution in [0.2, 0.25) is 0 Å². The van der Waals surface area contributed by atoms with E-state index in [2.05, 4.69) is 0 Å². The number of methoxy groups -OCH3 is 1. The van der Waals surface area contributed by atoms with Gasteiger partial charge in [0.05, 0.1) is 26.0 Å². The van der Waals surface area contributed by atoms with E-state index in [9.17, 15) is 4.79 Å². The highest BCUT2D eigenvalue weighted by Crippen LogP contribution is 2.19. The van der Waals surface area contributed by atoms with Crippen molar-refractivity contribution in [1.29, 1.82) is 0 Å². The molecule has 0 bridgehead atoms. The van der Waals surface area contributed by atoms with Crippen molar-refractivity contribution in [1.82, 2.24) is 4.90 Å².